The van der Waals surface area contributed by atoms with E-state index in [1.165, 1.54) is 0 Å². The molecule has 3 rings (SSSR count). The second-order valence-corrected chi connectivity index (χ2v) is 6.32. The number of nitrogens with zero attached hydrogens (tertiary/aromatic N) is 1. The fraction of sp³-hybridized carbons (Fsp3) is 0.263. The van der Waals surface area contributed by atoms with Crippen LogP contribution in [0.5, 0.6) is 0 Å². The highest BCUT2D eigenvalue weighted by Crippen LogP contribution is 2.28. The number of para-hydroxylation sites is 1. The molecular formula is C19H19ClN2O2. The quantitative estimate of drug-likeness (QED) is 0.916. The van der Waals surface area contributed by atoms with Gasteiger partial charge in [-0.2, -0.15) is 0 Å². The first-order valence-corrected chi connectivity index (χ1v) is 8.41. The second kappa shape index (κ2) is 7.05. The van der Waals surface area contributed by atoms with E-state index in [4.69, 9.17) is 11.6 Å². The third kappa shape index (κ3) is 3.44. The van der Waals surface area contributed by atoms with Crippen LogP contribution in [0.15, 0.2) is 48.5 Å². The van der Waals surface area contributed by atoms with E-state index in [0.717, 1.165) is 23.4 Å². The SMILES string of the molecule is CCc1ccccc1NC(=O)[C@H]1CC(=O)N(c2cccc(Cl)c2)C1. The summed E-state index contributed by atoms with van der Waals surface area (Å²) in [5.41, 5.74) is 2.64. The van der Waals surface area contributed by atoms with Gasteiger partial charge in [0.1, 0.15) is 0 Å². The van der Waals surface area contributed by atoms with E-state index in [1.807, 2.05) is 37.3 Å². The lowest BCUT2D eigenvalue weighted by Gasteiger charge is -2.17. The van der Waals surface area contributed by atoms with Gasteiger partial charge >= 0.3 is 0 Å². The Morgan fingerprint density at radius 1 is 1.25 bits per heavy atom. The normalized spacial score (nSPS) is 17.2. The van der Waals surface area contributed by atoms with Crippen LogP contribution in [-0.2, 0) is 16.0 Å². The molecule has 1 saturated heterocycles. The van der Waals surface area contributed by atoms with Gasteiger partial charge in [0.15, 0.2) is 0 Å². The number of anilines is 2. The molecule has 0 radical (unpaired) electrons. The van der Waals surface area contributed by atoms with Crippen LogP contribution in [0, 0.1) is 5.92 Å². The molecule has 0 saturated carbocycles. The molecule has 5 heteroatoms. The summed E-state index contributed by atoms with van der Waals surface area (Å²) in [5, 5.41) is 3.54. The Bertz CT molecular complexity index is 775. The van der Waals surface area contributed by atoms with Gasteiger partial charge < -0.3 is 10.2 Å². The van der Waals surface area contributed by atoms with Crippen molar-refractivity contribution in [1.82, 2.24) is 0 Å². The summed E-state index contributed by atoms with van der Waals surface area (Å²) in [6, 6.07) is 14.9. The van der Waals surface area contributed by atoms with Crippen LogP contribution in [-0.4, -0.2) is 18.4 Å². The third-order valence-corrected chi connectivity index (χ3v) is 4.51. The number of carbonyl (C=O) groups excluding carboxylic acids is 2. The molecule has 1 aliphatic heterocycles. The molecule has 2 amide bonds. The van der Waals surface area contributed by atoms with Crippen LogP contribution in [0.4, 0.5) is 11.4 Å². The lowest BCUT2D eigenvalue weighted by atomic mass is 10.1. The Balaban J connectivity index is 1.72. The number of halogens is 1. The molecule has 1 atom stereocenters. The molecule has 24 heavy (non-hydrogen) atoms. The summed E-state index contributed by atoms with van der Waals surface area (Å²) in [4.78, 5) is 26.5. The monoisotopic (exact) mass is 342 g/mol. The van der Waals surface area contributed by atoms with Gasteiger partial charge in [-0.05, 0) is 36.2 Å². The zero-order chi connectivity index (χ0) is 17.1. The van der Waals surface area contributed by atoms with Gasteiger partial charge in [0.25, 0.3) is 0 Å². The summed E-state index contributed by atoms with van der Waals surface area (Å²) in [6.07, 6.45) is 1.06. The fourth-order valence-corrected chi connectivity index (χ4v) is 3.15. The van der Waals surface area contributed by atoms with Gasteiger partial charge in [0.2, 0.25) is 11.8 Å². The minimum Gasteiger partial charge on any atom is -0.326 e. The third-order valence-electron chi connectivity index (χ3n) is 4.27. The van der Waals surface area contributed by atoms with Crippen molar-refractivity contribution in [1.29, 1.82) is 0 Å². The number of hydrogen-bond acceptors (Lipinski definition) is 2. The highest BCUT2D eigenvalue weighted by atomic mass is 35.5. The molecule has 0 aliphatic carbocycles. The summed E-state index contributed by atoms with van der Waals surface area (Å²) >= 11 is 5.99. The maximum atomic E-state index is 12.6. The van der Waals surface area contributed by atoms with Crippen LogP contribution >= 0.6 is 11.6 Å². The van der Waals surface area contributed by atoms with E-state index in [2.05, 4.69) is 5.32 Å². The van der Waals surface area contributed by atoms with Crippen molar-refractivity contribution in [3.8, 4) is 0 Å². The average molecular weight is 343 g/mol. The minimum atomic E-state index is -0.360. The molecule has 4 nitrogen and oxygen atoms in total. The zero-order valence-electron chi connectivity index (χ0n) is 13.5. The second-order valence-electron chi connectivity index (χ2n) is 5.89. The van der Waals surface area contributed by atoms with Crippen LogP contribution < -0.4 is 10.2 Å². The smallest absolute Gasteiger partial charge is 0.229 e. The van der Waals surface area contributed by atoms with Gasteiger partial charge in [0, 0.05) is 29.4 Å². The number of hydrogen-bond donors (Lipinski definition) is 1. The first kappa shape index (κ1) is 16.5. The van der Waals surface area contributed by atoms with Gasteiger partial charge in [0.05, 0.1) is 5.92 Å². The molecule has 0 bridgehead atoms. The molecule has 1 N–H and O–H groups in total. The minimum absolute atomic E-state index is 0.0545. The number of benzene rings is 2. The number of amides is 2. The van der Waals surface area contributed by atoms with Crippen LogP contribution in [0.25, 0.3) is 0 Å². The first-order chi connectivity index (χ1) is 11.6. The van der Waals surface area contributed by atoms with Crippen LogP contribution in [0.3, 0.4) is 0 Å². The van der Waals surface area contributed by atoms with E-state index < -0.39 is 0 Å². The predicted molar refractivity (Wildman–Crippen MR) is 96.4 cm³/mol. The summed E-state index contributed by atoms with van der Waals surface area (Å²) < 4.78 is 0. The lowest BCUT2D eigenvalue weighted by molar-refractivity contribution is -0.122. The fourth-order valence-electron chi connectivity index (χ4n) is 2.96. The molecule has 0 unspecified atom stereocenters. The van der Waals surface area contributed by atoms with Crippen LogP contribution in [0.2, 0.25) is 5.02 Å². The molecule has 2 aromatic rings. The Hall–Kier alpha value is -2.33. The average Bonchev–Trinajstić information content (AvgIpc) is 2.97. The van der Waals surface area contributed by atoms with Crippen molar-refractivity contribution in [2.24, 2.45) is 5.92 Å². The molecule has 0 aromatic heterocycles. The van der Waals surface area contributed by atoms with E-state index in [9.17, 15) is 9.59 Å². The van der Waals surface area contributed by atoms with Gasteiger partial charge in [-0.3, -0.25) is 9.59 Å². The molecule has 1 aliphatic rings. The highest BCUT2D eigenvalue weighted by molar-refractivity contribution is 6.31. The number of aryl methyl sites for hydroxylation is 1. The van der Waals surface area contributed by atoms with Gasteiger partial charge in [-0.25, -0.2) is 0 Å². The van der Waals surface area contributed by atoms with Crippen molar-refractivity contribution in [2.75, 3.05) is 16.8 Å². The maximum Gasteiger partial charge on any atom is 0.229 e. The summed E-state index contributed by atoms with van der Waals surface area (Å²) in [7, 11) is 0. The number of nitrogens with one attached hydrogen (secondary N) is 1. The molecule has 0 spiro atoms. The standard InChI is InChI=1S/C19H19ClN2O2/c1-2-13-6-3-4-9-17(13)21-19(24)14-10-18(23)22(12-14)16-8-5-7-15(20)11-16/h3-9,11,14H,2,10,12H2,1H3,(H,21,24)/t14-/m0/s1. The van der Waals surface area contributed by atoms with Crippen molar-refractivity contribution in [3.63, 3.8) is 0 Å². The van der Waals surface area contributed by atoms with Crippen molar-refractivity contribution >= 4 is 34.8 Å². The van der Waals surface area contributed by atoms with Gasteiger partial charge in [-0.1, -0.05) is 42.8 Å². The summed E-state index contributed by atoms with van der Waals surface area (Å²) in [5.74, 6) is -0.531. The van der Waals surface area contributed by atoms with E-state index in [0.29, 0.717) is 11.6 Å². The molecule has 1 heterocycles. The Labute approximate surface area is 146 Å². The van der Waals surface area contributed by atoms with E-state index >= 15 is 0 Å². The van der Waals surface area contributed by atoms with Crippen molar-refractivity contribution in [2.45, 2.75) is 19.8 Å². The highest BCUT2D eigenvalue weighted by Gasteiger charge is 2.35. The van der Waals surface area contributed by atoms with E-state index in [-0.39, 0.29) is 24.2 Å². The molecule has 2 aromatic carbocycles. The zero-order valence-corrected chi connectivity index (χ0v) is 14.2. The molecule has 124 valence electrons. The maximum absolute atomic E-state index is 12.6. The lowest BCUT2D eigenvalue weighted by Crippen LogP contribution is -2.28. The molecule has 1 fully saturated rings. The first-order valence-electron chi connectivity index (χ1n) is 8.03. The van der Waals surface area contributed by atoms with Crippen LogP contribution in [0.1, 0.15) is 18.9 Å². The number of rotatable bonds is 4. The van der Waals surface area contributed by atoms with Crippen molar-refractivity contribution < 1.29 is 9.59 Å². The largest absolute Gasteiger partial charge is 0.326 e. The molecular weight excluding hydrogens is 324 g/mol. The van der Waals surface area contributed by atoms with E-state index in [1.54, 1.807) is 23.1 Å². The number of carbonyl (C=O) groups is 2. The Kier molecular flexibility index (Phi) is 4.86. The predicted octanol–water partition coefficient (Wildman–Crippen LogP) is 3.89. The van der Waals surface area contributed by atoms with Gasteiger partial charge in [-0.15, -0.1) is 0 Å². The van der Waals surface area contributed by atoms with Crippen molar-refractivity contribution in [3.05, 3.63) is 59.1 Å². The Morgan fingerprint density at radius 3 is 2.79 bits per heavy atom. The topological polar surface area (TPSA) is 49.4 Å². The Morgan fingerprint density at radius 2 is 2.04 bits per heavy atom. The summed E-state index contributed by atoms with van der Waals surface area (Å²) in [6.45, 7) is 2.42.